The van der Waals surface area contributed by atoms with E-state index in [0.29, 0.717) is 16.8 Å². The summed E-state index contributed by atoms with van der Waals surface area (Å²) in [4.78, 5) is 11.3. The van der Waals surface area contributed by atoms with Crippen molar-refractivity contribution in [3.8, 4) is 0 Å². The zero-order chi connectivity index (χ0) is 13.3. The van der Waals surface area contributed by atoms with Gasteiger partial charge < -0.3 is 10.8 Å². The number of nitrogens with zero attached hydrogens (tertiary/aromatic N) is 2. The summed E-state index contributed by atoms with van der Waals surface area (Å²) >= 11 is 1.47. The summed E-state index contributed by atoms with van der Waals surface area (Å²) < 4.78 is 1.69. The molecule has 1 aliphatic carbocycles. The number of nitrogen functional groups attached to an aromatic ring is 1. The van der Waals surface area contributed by atoms with Gasteiger partial charge in [-0.05, 0) is 37.9 Å². The highest BCUT2D eigenvalue weighted by Crippen LogP contribution is 2.41. The fourth-order valence-corrected chi connectivity index (χ4v) is 2.89. The number of carboxylic acid groups (broad SMARTS) is 1. The number of nitrogens with two attached hydrogens (primary N) is 1. The Kier molecular flexibility index (Phi) is 3.85. The number of aromatic nitrogens is 2. The third-order valence-electron chi connectivity index (χ3n) is 3.26. The van der Waals surface area contributed by atoms with Crippen LogP contribution in [-0.2, 0) is 0 Å². The summed E-state index contributed by atoms with van der Waals surface area (Å²) in [6.07, 6.45) is 3.34. The van der Waals surface area contributed by atoms with Crippen molar-refractivity contribution in [2.45, 2.75) is 44.2 Å². The number of hydrogen-bond donors (Lipinski definition) is 2. The van der Waals surface area contributed by atoms with Gasteiger partial charge in [-0.2, -0.15) is 5.10 Å². The van der Waals surface area contributed by atoms with Crippen LogP contribution in [0, 0.1) is 5.92 Å². The van der Waals surface area contributed by atoms with E-state index in [2.05, 4.69) is 18.9 Å². The zero-order valence-electron chi connectivity index (χ0n) is 10.7. The number of carbonyl (C=O) groups is 1. The lowest BCUT2D eigenvalue weighted by atomic mass is 10.2. The van der Waals surface area contributed by atoms with Gasteiger partial charge in [-0.1, -0.05) is 6.92 Å². The molecular formula is C12H19N3O2S. The normalized spacial score (nSPS) is 16.8. The first-order valence-electron chi connectivity index (χ1n) is 6.30. The molecule has 1 heterocycles. The predicted molar refractivity (Wildman–Crippen MR) is 72.0 cm³/mol. The van der Waals surface area contributed by atoms with E-state index in [9.17, 15) is 9.90 Å². The molecule has 1 saturated carbocycles. The number of thioether (sulfide) groups is 1. The van der Waals surface area contributed by atoms with Gasteiger partial charge in [-0.15, -0.1) is 11.8 Å². The Labute approximate surface area is 111 Å². The van der Waals surface area contributed by atoms with Gasteiger partial charge >= 0.3 is 5.97 Å². The summed E-state index contributed by atoms with van der Waals surface area (Å²) in [7, 11) is 0. The van der Waals surface area contributed by atoms with Crippen LogP contribution in [0.25, 0.3) is 0 Å². The van der Waals surface area contributed by atoms with Crippen LogP contribution >= 0.6 is 11.8 Å². The Morgan fingerprint density at radius 2 is 2.33 bits per heavy atom. The highest BCUT2D eigenvalue weighted by molar-refractivity contribution is 7.99. The van der Waals surface area contributed by atoms with E-state index in [4.69, 9.17) is 5.73 Å². The molecule has 1 unspecified atom stereocenters. The average Bonchev–Trinajstić information content (AvgIpc) is 3.10. The SMILES string of the molecule is CCCSc1nn(C(C)C2CC2)c(N)c1C(=O)O. The topological polar surface area (TPSA) is 81.1 Å². The van der Waals surface area contributed by atoms with E-state index in [1.165, 1.54) is 24.6 Å². The van der Waals surface area contributed by atoms with Crippen LogP contribution in [0.5, 0.6) is 0 Å². The molecular weight excluding hydrogens is 250 g/mol. The van der Waals surface area contributed by atoms with E-state index in [-0.39, 0.29) is 11.6 Å². The van der Waals surface area contributed by atoms with Gasteiger partial charge in [0.15, 0.2) is 0 Å². The second kappa shape index (κ2) is 5.22. The third-order valence-corrected chi connectivity index (χ3v) is 4.43. The van der Waals surface area contributed by atoms with E-state index in [1.807, 2.05) is 0 Å². The second-order valence-electron chi connectivity index (χ2n) is 4.74. The minimum atomic E-state index is -0.986. The molecule has 2 rings (SSSR count). The van der Waals surface area contributed by atoms with Crippen molar-refractivity contribution in [2.75, 3.05) is 11.5 Å². The van der Waals surface area contributed by atoms with Gasteiger partial charge in [-0.3, -0.25) is 0 Å². The van der Waals surface area contributed by atoms with Crippen molar-refractivity contribution < 1.29 is 9.90 Å². The van der Waals surface area contributed by atoms with Crippen LogP contribution in [-0.4, -0.2) is 26.6 Å². The molecule has 0 aromatic carbocycles. The molecule has 1 aromatic heterocycles. The van der Waals surface area contributed by atoms with Crippen molar-refractivity contribution >= 4 is 23.5 Å². The highest BCUT2D eigenvalue weighted by Gasteiger charge is 2.33. The molecule has 0 spiro atoms. The molecule has 0 radical (unpaired) electrons. The van der Waals surface area contributed by atoms with Crippen LogP contribution < -0.4 is 5.73 Å². The van der Waals surface area contributed by atoms with Gasteiger partial charge in [0.1, 0.15) is 16.4 Å². The van der Waals surface area contributed by atoms with Crippen LogP contribution in [0.4, 0.5) is 5.82 Å². The molecule has 1 atom stereocenters. The molecule has 18 heavy (non-hydrogen) atoms. The van der Waals surface area contributed by atoms with Crippen molar-refractivity contribution in [1.82, 2.24) is 9.78 Å². The summed E-state index contributed by atoms with van der Waals surface area (Å²) in [6, 6.07) is 0.194. The van der Waals surface area contributed by atoms with Crippen molar-refractivity contribution in [1.29, 1.82) is 0 Å². The van der Waals surface area contributed by atoms with Crippen molar-refractivity contribution in [2.24, 2.45) is 5.92 Å². The predicted octanol–water partition coefficient (Wildman–Crippen LogP) is 2.64. The first kappa shape index (κ1) is 13.3. The molecule has 1 fully saturated rings. The van der Waals surface area contributed by atoms with Crippen molar-refractivity contribution in [3.63, 3.8) is 0 Å². The Balaban J connectivity index is 2.32. The Morgan fingerprint density at radius 1 is 1.67 bits per heavy atom. The quantitative estimate of drug-likeness (QED) is 0.776. The lowest BCUT2D eigenvalue weighted by Gasteiger charge is -2.12. The number of anilines is 1. The average molecular weight is 269 g/mol. The van der Waals surface area contributed by atoms with Gasteiger partial charge in [0.05, 0.1) is 6.04 Å². The monoisotopic (exact) mass is 269 g/mol. The molecule has 3 N–H and O–H groups in total. The van der Waals surface area contributed by atoms with Gasteiger partial charge in [0.25, 0.3) is 0 Å². The maximum Gasteiger partial charge on any atom is 0.342 e. The molecule has 1 aliphatic rings. The standard InChI is InChI=1S/C12H19N3O2S/c1-3-6-18-11-9(12(16)17)10(13)15(14-11)7(2)8-4-5-8/h7-8H,3-6,13H2,1-2H3,(H,16,17). The fourth-order valence-electron chi connectivity index (χ4n) is 2.02. The van der Waals surface area contributed by atoms with Gasteiger partial charge in [-0.25, -0.2) is 9.48 Å². The molecule has 100 valence electrons. The van der Waals surface area contributed by atoms with Gasteiger partial charge in [0.2, 0.25) is 0 Å². The molecule has 5 nitrogen and oxygen atoms in total. The van der Waals surface area contributed by atoms with Crippen LogP contribution in [0.2, 0.25) is 0 Å². The number of aromatic carboxylic acids is 1. The largest absolute Gasteiger partial charge is 0.477 e. The molecule has 0 amide bonds. The maximum atomic E-state index is 11.3. The van der Waals surface area contributed by atoms with Gasteiger partial charge in [0, 0.05) is 0 Å². The minimum absolute atomic E-state index is 0.168. The summed E-state index contributed by atoms with van der Waals surface area (Å²) in [5.74, 6) is 0.757. The first-order valence-corrected chi connectivity index (χ1v) is 7.28. The lowest BCUT2D eigenvalue weighted by molar-refractivity contribution is 0.0694. The van der Waals surface area contributed by atoms with E-state index in [0.717, 1.165) is 12.2 Å². The summed E-state index contributed by atoms with van der Waals surface area (Å²) in [5, 5.41) is 14.2. The molecule has 0 bridgehead atoms. The second-order valence-corrected chi connectivity index (χ2v) is 5.83. The summed E-state index contributed by atoms with van der Waals surface area (Å²) in [6.45, 7) is 4.11. The molecule has 1 aromatic rings. The first-order chi connectivity index (χ1) is 8.56. The van der Waals surface area contributed by atoms with E-state index >= 15 is 0 Å². The number of hydrogen-bond acceptors (Lipinski definition) is 4. The smallest absolute Gasteiger partial charge is 0.342 e. The number of rotatable bonds is 6. The molecule has 0 aliphatic heterocycles. The minimum Gasteiger partial charge on any atom is -0.477 e. The molecule has 0 saturated heterocycles. The van der Waals surface area contributed by atoms with Crippen LogP contribution in [0.15, 0.2) is 5.03 Å². The Bertz CT molecular complexity index is 454. The number of carboxylic acids is 1. The fraction of sp³-hybridized carbons (Fsp3) is 0.667. The maximum absolute atomic E-state index is 11.3. The van der Waals surface area contributed by atoms with Crippen molar-refractivity contribution in [3.05, 3.63) is 5.56 Å². The zero-order valence-corrected chi connectivity index (χ0v) is 11.5. The van der Waals surface area contributed by atoms with E-state index < -0.39 is 5.97 Å². The Morgan fingerprint density at radius 3 is 2.83 bits per heavy atom. The van der Waals surface area contributed by atoms with Crippen LogP contribution in [0.1, 0.15) is 49.5 Å². The molecule has 6 heteroatoms. The highest BCUT2D eigenvalue weighted by atomic mass is 32.2. The third kappa shape index (κ3) is 2.48. The Hall–Kier alpha value is -1.17. The van der Waals surface area contributed by atoms with Crippen LogP contribution in [0.3, 0.4) is 0 Å². The summed E-state index contributed by atoms with van der Waals surface area (Å²) in [5.41, 5.74) is 6.12. The lowest BCUT2D eigenvalue weighted by Crippen LogP contribution is -2.13. The van der Waals surface area contributed by atoms with E-state index in [1.54, 1.807) is 4.68 Å².